The molecule has 1 fully saturated rings. The second-order valence-electron chi connectivity index (χ2n) is 5.11. The second kappa shape index (κ2) is 6.22. The summed E-state index contributed by atoms with van der Waals surface area (Å²) in [4.78, 5) is 16.5. The number of amides is 1. The van der Waals surface area contributed by atoms with Crippen LogP contribution >= 0.6 is 0 Å². The lowest BCUT2D eigenvalue weighted by Gasteiger charge is -2.39. The Labute approximate surface area is 119 Å². The van der Waals surface area contributed by atoms with E-state index in [-0.39, 0.29) is 11.5 Å². The van der Waals surface area contributed by atoms with E-state index in [0.717, 1.165) is 13.0 Å². The van der Waals surface area contributed by atoms with Crippen LogP contribution in [-0.2, 0) is 0 Å². The Morgan fingerprint density at radius 1 is 1.45 bits per heavy atom. The number of hydrogen-bond acceptors (Lipinski definition) is 3. The van der Waals surface area contributed by atoms with E-state index in [9.17, 15) is 9.18 Å². The number of hydrogen-bond donors (Lipinski definition) is 0. The molecular formula is C15H21FN2O2. The number of likely N-dealkylation sites (N-methyl/N-ethyl adjacent to an activating group) is 1. The molecule has 1 aromatic rings. The smallest absolute Gasteiger partial charge is 0.260 e. The fraction of sp³-hybridized carbons (Fsp3) is 0.533. The van der Waals surface area contributed by atoms with Crippen LogP contribution in [0, 0.1) is 5.82 Å². The molecule has 5 heteroatoms. The standard InChI is InChI=1S/C15H21FN2O2/c1-4-11-10-18(9-8-17(11)2)15(19)14-12(16)6-5-7-13(14)20-3/h5-7,11H,4,8-10H2,1-3H3/t11-/m1/s1. The summed E-state index contributed by atoms with van der Waals surface area (Å²) in [6, 6.07) is 4.78. The van der Waals surface area contributed by atoms with Crippen molar-refractivity contribution in [1.29, 1.82) is 0 Å². The quantitative estimate of drug-likeness (QED) is 0.849. The minimum absolute atomic E-state index is 0.0365. The van der Waals surface area contributed by atoms with Crippen molar-refractivity contribution in [3.8, 4) is 5.75 Å². The molecule has 0 radical (unpaired) electrons. The van der Waals surface area contributed by atoms with Crippen LogP contribution in [0.5, 0.6) is 5.75 Å². The molecule has 0 aromatic heterocycles. The van der Waals surface area contributed by atoms with Crippen molar-refractivity contribution >= 4 is 5.91 Å². The largest absolute Gasteiger partial charge is 0.496 e. The number of halogens is 1. The number of carbonyl (C=O) groups is 1. The third-order valence-electron chi connectivity index (χ3n) is 3.94. The summed E-state index contributed by atoms with van der Waals surface area (Å²) in [5.41, 5.74) is 0.0365. The molecule has 0 saturated carbocycles. The van der Waals surface area contributed by atoms with E-state index < -0.39 is 5.82 Å². The van der Waals surface area contributed by atoms with Gasteiger partial charge in [0.05, 0.1) is 7.11 Å². The summed E-state index contributed by atoms with van der Waals surface area (Å²) in [6.07, 6.45) is 0.967. The zero-order valence-electron chi connectivity index (χ0n) is 12.2. The van der Waals surface area contributed by atoms with Crippen LogP contribution in [0.1, 0.15) is 23.7 Å². The van der Waals surface area contributed by atoms with E-state index in [1.807, 2.05) is 0 Å². The Bertz CT molecular complexity index is 493. The van der Waals surface area contributed by atoms with Gasteiger partial charge in [0.2, 0.25) is 0 Å². The van der Waals surface area contributed by atoms with Crippen LogP contribution in [0.25, 0.3) is 0 Å². The summed E-state index contributed by atoms with van der Waals surface area (Å²) < 4.78 is 19.1. The summed E-state index contributed by atoms with van der Waals surface area (Å²) in [7, 11) is 3.50. The van der Waals surface area contributed by atoms with Crippen LogP contribution < -0.4 is 4.74 Å². The lowest BCUT2D eigenvalue weighted by Crippen LogP contribution is -2.53. The molecule has 0 unspecified atom stereocenters. The third kappa shape index (κ3) is 2.77. The first kappa shape index (κ1) is 14.8. The van der Waals surface area contributed by atoms with E-state index in [4.69, 9.17) is 4.74 Å². The molecule has 1 aliphatic rings. The fourth-order valence-corrected chi connectivity index (χ4v) is 2.61. The molecule has 20 heavy (non-hydrogen) atoms. The Hall–Kier alpha value is -1.62. The maximum atomic E-state index is 14.0. The topological polar surface area (TPSA) is 32.8 Å². The highest BCUT2D eigenvalue weighted by Gasteiger charge is 2.29. The average molecular weight is 280 g/mol. The monoisotopic (exact) mass is 280 g/mol. The minimum Gasteiger partial charge on any atom is -0.496 e. The van der Waals surface area contributed by atoms with E-state index in [0.29, 0.717) is 24.9 Å². The molecule has 0 bridgehead atoms. The van der Waals surface area contributed by atoms with Crippen LogP contribution in [0.2, 0.25) is 0 Å². The van der Waals surface area contributed by atoms with Crippen molar-refractivity contribution in [3.05, 3.63) is 29.6 Å². The predicted octanol–water partition coefficient (Wildman–Crippen LogP) is 2.00. The van der Waals surface area contributed by atoms with Gasteiger partial charge in [-0.25, -0.2) is 4.39 Å². The normalized spacial score (nSPS) is 20.0. The van der Waals surface area contributed by atoms with Gasteiger partial charge in [-0.05, 0) is 25.6 Å². The highest BCUT2D eigenvalue weighted by molar-refractivity contribution is 5.97. The highest BCUT2D eigenvalue weighted by Crippen LogP contribution is 2.24. The zero-order valence-corrected chi connectivity index (χ0v) is 12.2. The van der Waals surface area contributed by atoms with Gasteiger partial charge >= 0.3 is 0 Å². The maximum absolute atomic E-state index is 14.0. The first-order chi connectivity index (χ1) is 9.58. The third-order valence-corrected chi connectivity index (χ3v) is 3.94. The van der Waals surface area contributed by atoms with Crippen molar-refractivity contribution in [3.63, 3.8) is 0 Å². The van der Waals surface area contributed by atoms with Gasteiger partial charge in [-0.2, -0.15) is 0 Å². The number of rotatable bonds is 3. The van der Waals surface area contributed by atoms with Crippen molar-refractivity contribution in [1.82, 2.24) is 9.80 Å². The second-order valence-corrected chi connectivity index (χ2v) is 5.11. The van der Waals surface area contributed by atoms with Crippen molar-refractivity contribution in [2.45, 2.75) is 19.4 Å². The summed E-state index contributed by atoms with van der Waals surface area (Å²) in [6.45, 7) is 4.15. The van der Waals surface area contributed by atoms with Gasteiger partial charge in [-0.1, -0.05) is 13.0 Å². The fourth-order valence-electron chi connectivity index (χ4n) is 2.61. The number of nitrogens with zero attached hydrogens (tertiary/aromatic N) is 2. The van der Waals surface area contributed by atoms with Gasteiger partial charge in [0.15, 0.2) is 0 Å². The molecule has 0 spiro atoms. The number of methoxy groups -OCH3 is 1. The van der Waals surface area contributed by atoms with Crippen LogP contribution in [0.4, 0.5) is 4.39 Å². The van der Waals surface area contributed by atoms with Gasteiger partial charge in [-0.15, -0.1) is 0 Å². The summed E-state index contributed by atoms with van der Waals surface area (Å²) in [5, 5.41) is 0. The van der Waals surface area contributed by atoms with Crippen molar-refractivity contribution in [2.75, 3.05) is 33.8 Å². The van der Waals surface area contributed by atoms with E-state index in [1.54, 1.807) is 17.0 Å². The first-order valence-electron chi connectivity index (χ1n) is 6.90. The lowest BCUT2D eigenvalue weighted by molar-refractivity contribution is 0.0534. The average Bonchev–Trinajstić information content (AvgIpc) is 2.46. The molecule has 4 nitrogen and oxygen atoms in total. The van der Waals surface area contributed by atoms with Gasteiger partial charge in [0.1, 0.15) is 17.1 Å². The maximum Gasteiger partial charge on any atom is 0.260 e. The van der Waals surface area contributed by atoms with Gasteiger partial charge in [0.25, 0.3) is 5.91 Å². The molecule has 2 rings (SSSR count). The van der Waals surface area contributed by atoms with E-state index >= 15 is 0 Å². The van der Waals surface area contributed by atoms with Crippen LogP contribution in [0.3, 0.4) is 0 Å². The zero-order chi connectivity index (χ0) is 14.7. The van der Waals surface area contributed by atoms with E-state index in [1.165, 1.54) is 13.2 Å². The molecule has 0 N–H and O–H groups in total. The highest BCUT2D eigenvalue weighted by atomic mass is 19.1. The van der Waals surface area contributed by atoms with Gasteiger partial charge in [-0.3, -0.25) is 9.69 Å². The Morgan fingerprint density at radius 2 is 2.20 bits per heavy atom. The summed E-state index contributed by atoms with van der Waals surface area (Å²) >= 11 is 0. The van der Waals surface area contributed by atoms with Crippen molar-refractivity contribution < 1.29 is 13.9 Å². The first-order valence-corrected chi connectivity index (χ1v) is 6.90. The molecule has 110 valence electrons. The predicted molar refractivity (Wildman–Crippen MR) is 75.6 cm³/mol. The minimum atomic E-state index is -0.527. The van der Waals surface area contributed by atoms with Crippen LogP contribution in [0.15, 0.2) is 18.2 Å². The number of piperazine rings is 1. The number of carbonyl (C=O) groups excluding carboxylic acids is 1. The lowest BCUT2D eigenvalue weighted by atomic mass is 10.1. The summed E-state index contributed by atoms with van der Waals surface area (Å²) in [5.74, 6) is -0.519. The van der Waals surface area contributed by atoms with Crippen LogP contribution in [-0.4, -0.2) is 55.5 Å². The molecular weight excluding hydrogens is 259 g/mol. The van der Waals surface area contributed by atoms with Gasteiger partial charge < -0.3 is 9.64 Å². The molecule has 1 aliphatic heterocycles. The Balaban J connectivity index is 2.24. The molecule has 1 amide bonds. The Kier molecular flexibility index (Phi) is 4.60. The number of benzene rings is 1. The van der Waals surface area contributed by atoms with Gasteiger partial charge in [0, 0.05) is 25.7 Å². The molecule has 1 heterocycles. The molecule has 1 atom stereocenters. The number of ether oxygens (including phenoxy) is 1. The van der Waals surface area contributed by atoms with E-state index in [2.05, 4.69) is 18.9 Å². The molecule has 1 aromatic carbocycles. The Morgan fingerprint density at radius 3 is 2.85 bits per heavy atom. The van der Waals surface area contributed by atoms with Crippen molar-refractivity contribution in [2.24, 2.45) is 0 Å². The molecule has 1 saturated heterocycles. The molecule has 0 aliphatic carbocycles. The SMILES string of the molecule is CC[C@@H]1CN(C(=O)c2c(F)cccc2OC)CCN1C.